The number of nitrogens with one attached hydrogen (secondary N) is 1. The molecular weight excluding hydrogens is 280 g/mol. The molecule has 1 fully saturated rings. The third-order valence-corrected chi connectivity index (χ3v) is 6.23. The maximum atomic E-state index is 11.4. The number of benzene rings is 1. The third kappa shape index (κ3) is 2.90. The number of sulfone groups is 1. The molecule has 2 heterocycles. The first kappa shape index (κ1) is 12.9. The second-order valence-corrected chi connectivity index (χ2v) is 8.40. The number of thiazole rings is 1. The average molecular weight is 296 g/mol. The van der Waals surface area contributed by atoms with Gasteiger partial charge in [-0.2, -0.15) is 0 Å². The summed E-state index contributed by atoms with van der Waals surface area (Å²) in [6.07, 6.45) is 0.763. The van der Waals surface area contributed by atoms with Crippen LogP contribution < -0.4 is 5.32 Å². The van der Waals surface area contributed by atoms with Crippen molar-refractivity contribution in [1.82, 2.24) is 4.98 Å². The van der Waals surface area contributed by atoms with E-state index in [0.29, 0.717) is 18.1 Å². The molecule has 0 bridgehead atoms. The predicted octanol–water partition coefficient (Wildman–Crippen LogP) is 2.45. The van der Waals surface area contributed by atoms with Crippen LogP contribution in [0.15, 0.2) is 18.2 Å². The summed E-state index contributed by atoms with van der Waals surface area (Å²) in [6.45, 7) is 2.76. The van der Waals surface area contributed by atoms with Crippen LogP contribution in [0.25, 0.3) is 10.2 Å². The Morgan fingerprint density at radius 1 is 1.47 bits per heavy atom. The van der Waals surface area contributed by atoms with Gasteiger partial charge >= 0.3 is 0 Å². The maximum absolute atomic E-state index is 11.4. The summed E-state index contributed by atoms with van der Waals surface area (Å²) in [7, 11) is -2.79. The molecule has 1 unspecified atom stereocenters. The predicted molar refractivity (Wildman–Crippen MR) is 79.6 cm³/mol. The highest BCUT2D eigenvalue weighted by Crippen LogP contribution is 2.27. The second kappa shape index (κ2) is 4.76. The monoisotopic (exact) mass is 296 g/mol. The lowest BCUT2D eigenvalue weighted by atomic mass is 10.1. The molecule has 0 saturated carbocycles. The van der Waals surface area contributed by atoms with E-state index in [1.807, 2.05) is 6.07 Å². The Hall–Kier alpha value is -1.14. The summed E-state index contributed by atoms with van der Waals surface area (Å²) in [5, 5.41) is 4.16. The van der Waals surface area contributed by atoms with Crippen molar-refractivity contribution in [2.24, 2.45) is 5.92 Å². The Balaban J connectivity index is 1.69. The SMILES string of the molecule is Cc1ccc2nc(NCC3CCS(=O)(=O)C3)sc2c1. The molecule has 0 amide bonds. The Morgan fingerprint density at radius 3 is 3.05 bits per heavy atom. The first-order chi connectivity index (χ1) is 9.02. The first-order valence-corrected chi connectivity index (χ1v) is 8.97. The number of hydrogen-bond acceptors (Lipinski definition) is 5. The van der Waals surface area contributed by atoms with Crippen LogP contribution in [-0.2, 0) is 9.84 Å². The summed E-state index contributed by atoms with van der Waals surface area (Å²) in [5.41, 5.74) is 2.22. The molecule has 4 nitrogen and oxygen atoms in total. The molecule has 6 heteroatoms. The molecule has 1 N–H and O–H groups in total. The molecule has 0 spiro atoms. The van der Waals surface area contributed by atoms with Gasteiger partial charge in [-0.25, -0.2) is 13.4 Å². The van der Waals surface area contributed by atoms with E-state index in [0.717, 1.165) is 17.1 Å². The van der Waals surface area contributed by atoms with Crippen molar-refractivity contribution in [2.75, 3.05) is 23.4 Å². The Morgan fingerprint density at radius 2 is 2.32 bits per heavy atom. The van der Waals surface area contributed by atoms with Crippen LogP contribution in [0.4, 0.5) is 5.13 Å². The van der Waals surface area contributed by atoms with Crippen LogP contribution >= 0.6 is 11.3 Å². The number of aryl methyl sites for hydroxylation is 1. The van der Waals surface area contributed by atoms with Crippen LogP contribution in [0.2, 0.25) is 0 Å². The quantitative estimate of drug-likeness (QED) is 0.945. The minimum atomic E-state index is -2.79. The highest BCUT2D eigenvalue weighted by molar-refractivity contribution is 7.91. The minimum absolute atomic E-state index is 0.221. The van der Waals surface area contributed by atoms with Gasteiger partial charge < -0.3 is 5.32 Å². The Labute approximate surface area is 116 Å². The van der Waals surface area contributed by atoms with E-state index in [-0.39, 0.29) is 5.92 Å². The van der Waals surface area contributed by atoms with Gasteiger partial charge in [-0.05, 0) is 37.0 Å². The molecule has 19 heavy (non-hydrogen) atoms. The number of hydrogen-bond donors (Lipinski definition) is 1. The normalized spacial score (nSPS) is 21.8. The fraction of sp³-hybridized carbons (Fsp3) is 0.462. The van der Waals surface area contributed by atoms with Crippen LogP contribution in [0, 0.1) is 12.8 Å². The molecule has 3 rings (SSSR count). The van der Waals surface area contributed by atoms with E-state index >= 15 is 0 Å². The number of rotatable bonds is 3. The van der Waals surface area contributed by atoms with Gasteiger partial charge in [-0.15, -0.1) is 0 Å². The summed E-state index contributed by atoms with van der Waals surface area (Å²) >= 11 is 1.62. The van der Waals surface area contributed by atoms with E-state index in [1.165, 1.54) is 10.3 Å². The lowest BCUT2D eigenvalue weighted by molar-refractivity contribution is 0.596. The molecule has 2 aromatic rings. The lowest BCUT2D eigenvalue weighted by Gasteiger charge is -2.07. The number of nitrogens with zero attached hydrogens (tertiary/aromatic N) is 1. The zero-order valence-corrected chi connectivity index (χ0v) is 12.4. The summed E-state index contributed by atoms with van der Waals surface area (Å²) in [6, 6.07) is 6.19. The molecule has 0 aliphatic carbocycles. The first-order valence-electron chi connectivity index (χ1n) is 6.33. The van der Waals surface area contributed by atoms with E-state index in [2.05, 4.69) is 29.4 Å². The van der Waals surface area contributed by atoms with Gasteiger partial charge in [0.2, 0.25) is 0 Å². The third-order valence-electron chi connectivity index (χ3n) is 3.41. The van der Waals surface area contributed by atoms with E-state index in [1.54, 1.807) is 11.3 Å². The smallest absolute Gasteiger partial charge is 0.183 e. The van der Waals surface area contributed by atoms with Gasteiger partial charge in [0.15, 0.2) is 15.0 Å². The average Bonchev–Trinajstić information content (AvgIpc) is 2.89. The zero-order chi connectivity index (χ0) is 13.5. The number of fused-ring (bicyclic) bond motifs is 1. The molecule has 0 radical (unpaired) electrons. The van der Waals surface area contributed by atoms with Crippen molar-refractivity contribution >= 4 is 36.5 Å². The van der Waals surface area contributed by atoms with E-state index in [9.17, 15) is 8.42 Å². The Bertz CT molecular complexity index is 707. The molecule has 1 aromatic heterocycles. The minimum Gasteiger partial charge on any atom is -0.361 e. The van der Waals surface area contributed by atoms with E-state index < -0.39 is 9.84 Å². The van der Waals surface area contributed by atoms with Gasteiger partial charge in [0, 0.05) is 6.54 Å². The molecule has 1 aromatic carbocycles. The molecule has 1 atom stereocenters. The molecular formula is C13H16N2O2S2. The molecule has 1 saturated heterocycles. The molecule has 1 aliphatic rings. The second-order valence-electron chi connectivity index (χ2n) is 5.14. The Kier molecular flexibility index (Phi) is 3.22. The van der Waals surface area contributed by atoms with Crippen molar-refractivity contribution in [3.05, 3.63) is 23.8 Å². The van der Waals surface area contributed by atoms with Gasteiger partial charge in [-0.1, -0.05) is 17.4 Å². The van der Waals surface area contributed by atoms with Crippen molar-refractivity contribution in [1.29, 1.82) is 0 Å². The van der Waals surface area contributed by atoms with Gasteiger partial charge in [0.05, 0.1) is 21.7 Å². The van der Waals surface area contributed by atoms with E-state index in [4.69, 9.17) is 0 Å². The van der Waals surface area contributed by atoms with Crippen LogP contribution in [0.1, 0.15) is 12.0 Å². The van der Waals surface area contributed by atoms with Crippen molar-refractivity contribution in [2.45, 2.75) is 13.3 Å². The van der Waals surface area contributed by atoms with Crippen LogP contribution in [0.3, 0.4) is 0 Å². The topological polar surface area (TPSA) is 59.1 Å². The summed E-state index contributed by atoms with van der Waals surface area (Å²) in [4.78, 5) is 4.51. The van der Waals surface area contributed by atoms with Crippen molar-refractivity contribution in [3.8, 4) is 0 Å². The fourth-order valence-corrected chi connectivity index (χ4v) is 5.20. The molecule has 1 aliphatic heterocycles. The fourth-order valence-electron chi connectivity index (χ4n) is 2.37. The summed E-state index contributed by atoms with van der Waals surface area (Å²) in [5.74, 6) is 0.862. The zero-order valence-electron chi connectivity index (χ0n) is 10.7. The lowest BCUT2D eigenvalue weighted by Crippen LogP contribution is -2.15. The van der Waals surface area contributed by atoms with Gasteiger partial charge in [0.25, 0.3) is 0 Å². The number of aromatic nitrogens is 1. The van der Waals surface area contributed by atoms with Gasteiger partial charge in [-0.3, -0.25) is 0 Å². The van der Waals surface area contributed by atoms with Gasteiger partial charge in [0.1, 0.15) is 0 Å². The molecule has 102 valence electrons. The van der Waals surface area contributed by atoms with Crippen molar-refractivity contribution in [3.63, 3.8) is 0 Å². The largest absolute Gasteiger partial charge is 0.361 e. The highest BCUT2D eigenvalue weighted by atomic mass is 32.2. The summed E-state index contributed by atoms with van der Waals surface area (Å²) < 4.78 is 23.9. The maximum Gasteiger partial charge on any atom is 0.183 e. The highest BCUT2D eigenvalue weighted by Gasteiger charge is 2.27. The van der Waals surface area contributed by atoms with Crippen LogP contribution in [-0.4, -0.2) is 31.5 Å². The standard InChI is InChI=1S/C13H16N2O2S2/c1-9-2-3-11-12(6-9)18-13(15-11)14-7-10-4-5-19(16,17)8-10/h2-3,6,10H,4-5,7-8H2,1H3,(H,14,15). The van der Waals surface area contributed by atoms with Crippen LogP contribution in [0.5, 0.6) is 0 Å². The number of anilines is 1. The van der Waals surface area contributed by atoms with Crippen molar-refractivity contribution < 1.29 is 8.42 Å².